The lowest BCUT2D eigenvalue weighted by atomic mass is 10.1. The van der Waals surface area contributed by atoms with Crippen LogP contribution in [-0.4, -0.2) is 74.9 Å². The number of hydrogen-bond donors (Lipinski definition) is 0. The zero-order valence-electron chi connectivity index (χ0n) is 24.2. The van der Waals surface area contributed by atoms with Crippen LogP contribution in [0.15, 0.2) is 90.1 Å². The second-order valence-electron chi connectivity index (χ2n) is 10.5. The molecular weight excluding hydrogens is 546 g/mol. The van der Waals surface area contributed by atoms with E-state index in [9.17, 15) is 9.59 Å². The highest BCUT2D eigenvalue weighted by molar-refractivity contribution is 7.99. The van der Waals surface area contributed by atoms with Crippen molar-refractivity contribution in [2.24, 2.45) is 0 Å². The van der Waals surface area contributed by atoms with Gasteiger partial charge in [0.2, 0.25) is 11.8 Å². The molecule has 4 aromatic rings. The molecule has 0 bridgehead atoms. The summed E-state index contributed by atoms with van der Waals surface area (Å²) >= 11 is 1.61. The fourth-order valence-corrected chi connectivity index (χ4v) is 6.16. The molecule has 1 aliphatic rings. The molecule has 0 spiro atoms. The van der Waals surface area contributed by atoms with Crippen LogP contribution < -0.4 is 4.74 Å². The van der Waals surface area contributed by atoms with Crippen LogP contribution >= 0.6 is 11.8 Å². The van der Waals surface area contributed by atoms with Crippen molar-refractivity contribution < 1.29 is 14.3 Å². The number of amides is 2. The molecule has 2 amide bonds. The maximum Gasteiger partial charge on any atom is 0.227 e. The Labute approximate surface area is 251 Å². The fraction of sp³-hybridized carbons (Fsp3) is 0.333. The number of hydrogen-bond acceptors (Lipinski definition) is 6. The maximum absolute atomic E-state index is 13.0. The van der Waals surface area contributed by atoms with Gasteiger partial charge in [-0.3, -0.25) is 14.2 Å². The van der Waals surface area contributed by atoms with Crippen LogP contribution in [0.4, 0.5) is 0 Å². The number of nitrogens with zero attached hydrogens (tertiary/aromatic N) is 5. The first kappa shape index (κ1) is 29.4. The molecule has 42 heavy (non-hydrogen) atoms. The smallest absolute Gasteiger partial charge is 0.227 e. The largest absolute Gasteiger partial charge is 0.497 e. The first-order valence-electron chi connectivity index (χ1n) is 14.4. The van der Waals surface area contributed by atoms with Gasteiger partial charge in [-0.1, -0.05) is 72.4 Å². The number of carbonyl (C=O) groups is 2. The van der Waals surface area contributed by atoms with Crippen molar-refractivity contribution in [1.82, 2.24) is 24.6 Å². The summed E-state index contributed by atoms with van der Waals surface area (Å²) in [5.74, 6) is 2.65. The maximum atomic E-state index is 13.0. The van der Waals surface area contributed by atoms with Gasteiger partial charge in [0.25, 0.3) is 0 Å². The van der Waals surface area contributed by atoms with Gasteiger partial charge in [-0.2, -0.15) is 0 Å². The Morgan fingerprint density at radius 3 is 2.24 bits per heavy atom. The highest BCUT2D eigenvalue weighted by Gasteiger charge is 2.29. The van der Waals surface area contributed by atoms with Crippen LogP contribution in [0.3, 0.4) is 0 Å². The van der Waals surface area contributed by atoms with Crippen LogP contribution in [0.5, 0.6) is 5.75 Å². The molecule has 218 valence electrons. The molecule has 1 saturated heterocycles. The summed E-state index contributed by atoms with van der Waals surface area (Å²) in [6.07, 6.45) is 2.25. The third-order valence-corrected chi connectivity index (χ3v) is 8.52. The lowest BCUT2D eigenvalue weighted by molar-refractivity contribution is -0.142. The van der Waals surface area contributed by atoms with Gasteiger partial charge in [0, 0.05) is 50.0 Å². The van der Waals surface area contributed by atoms with E-state index >= 15 is 0 Å². The quantitative estimate of drug-likeness (QED) is 0.182. The Bertz CT molecular complexity index is 1460. The van der Waals surface area contributed by atoms with Crippen molar-refractivity contribution >= 4 is 23.6 Å². The Balaban J connectivity index is 1.15. The van der Waals surface area contributed by atoms with Crippen LogP contribution in [-0.2, 0) is 22.4 Å². The summed E-state index contributed by atoms with van der Waals surface area (Å²) in [4.78, 5) is 29.7. The van der Waals surface area contributed by atoms with Gasteiger partial charge in [0.15, 0.2) is 5.16 Å². The van der Waals surface area contributed by atoms with Gasteiger partial charge in [-0.25, -0.2) is 0 Å². The molecule has 1 aliphatic heterocycles. The minimum atomic E-state index is -0.000583. The first-order valence-corrected chi connectivity index (χ1v) is 15.4. The highest BCUT2D eigenvalue weighted by atomic mass is 32.2. The number of methoxy groups -OCH3 is 1. The standard InChI is InChI=1S/C33H37N5O3S/c1-25-24-36(19-20-37(25)32(40)23-27-12-7-4-8-13-27)31(39)14-9-21-42-33-35-34-30(22-26-10-5-3-6-11-26)38(33)28-15-17-29(41-2)18-16-28/h3-8,10-13,15-18,25H,9,14,19-24H2,1-2H3. The molecule has 0 N–H and O–H groups in total. The summed E-state index contributed by atoms with van der Waals surface area (Å²) < 4.78 is 7.43. The van der Waals surface area contributed by atoms with Crippen molar-refractivity contribution in [3.8, 4) is 11.4 Å². The molecule has 1 atom stereocenters. The Morgan fingerprint density at radius 2 is 1.57 bits per heavy atom. The summed E-state index contributed by atoms with van der Waals surface area (Å²) in [6, 6.07) is 27.9. The number of piperazine rings is 1. The highest BCUT2D eigenvalue weighted by Crippen LogP contribution is 2.26. The Hall–Kier alpha value is -4.11. The number of thioether (sulfide) groups is 1. The predicted octanol–water partition coefficient (Wildman–Crippen LogP) is 5.04. The second-order valence-corrected chi connectivity index (χ2v) is 11.5. The predicted molar refractivity (Wildman–Crippen MR) is 165 cm³/mol. The molecule has 1 aromatic heterocycles. The molecule has 2 heterocycles. The van der Waals surface area contributed by atoms with Crippen molar-refractivity contribution in [2.75, 3.05) is 32.5 Å². The molecule has 3 aromatic carbocycles. The normalized spacial score (nSPS) is 15.0. The molecule has 9 heteroatoms. The minimum absolute atomic E-state index is 0.000583. The van der Waals surface area contributed by atoms with E-state index in [-0.39, 0.29) is 17.9 Å². The number of aromatic nitrogens is 3. The van der Waals surface area contributed by atoms with Crippen LogP contribution in [0.2, 0.25) is 0 Å². The van der Waals surface area contributed by atoms with Gasteiger partial charge in [-0.15, -0.1) is 10.2 Å². The summed E-state index contributed by atoms with van der Waals surface area (Å²) in [5, 5.41) is 9.84. The van der Waals surface area contributed by atoms with E-state index in [1.807, 2.05) is 89.5 Å². The molecule has 0 radical (unpaired) electrons. The SMILES string of the molecule is COc1ccc(-n2c(Cc3ccccc3)nnc2SCCCC(=O)N2CCN(C(=O)Cc3ccccc3)C(C)C2)cc1. The zero-order chi connectivity index (χ0) is 29.3. The minimum Gasteiger partial charge on any atom is -0.497 e. The lowest BCUT2D eigenvalue weighted by Crippen LogP contribution is -2.55. The summed E-state index contributed by atoms with van der Waals surface area (Å²) in [6.45, 7) is 3.74. The summed E-state index contributed by atoms with van der Waals surface area (Å²) in [7, 11) is 1.66. The van der Waals surface area contributed by atoms with Crippen LogP contribution in [0.25, 0.3) is 5.69 Å². The third-order valence-electron chi connectivity index (χ3n) is 7.50. The second kappa shape index (κ2) is 14.2. The molecule has 1 unspecified atom stereocenters. The fourth-order valence-electron chi connectivity index (χ4n) is 5.25. The van der Waals surface area contributed by atoms with Gasteiger partial charge < -0.3 is 14.5 Å². The molecule has 8 nitrogen and oxygen atoms in total. The zero-order valence-corrected chi connectivity index (χ0v) is 25.0. The number of benzene rings is 3. The van der Waals surface area contributed by atoms with Crippen molar-refractivity contribution in [1.29, 1.82) is 0 Å². The Kier molecular flexibility index (Phi) is 9.92. The van der Waals surface area contributed by atoms with E-state index in [0.717, 1.165) is 45.7 Å². The van der Waals surface area contributed by atoms with Gasteiger partial charge >= 0.3 is 0 Å². The Morgan fingerprint density at radius 1 is 0.881 bits per heavy atom. The van der Waals surface area contributed by atoms with E-state index in [2.05, 4.69) is 26.9 Å². The summed E-state index contributed by atoms with van der Waals surface area (Å²) in [5.41, 5.74) is 3.15. The molecule has 1 fully saturated rings. The van der Waals surface area contributed by atoms with Crippen molar-refractivity contribution in [3.63, 3.8) is 0 Å². The molecular formula is C33H37N5O3S. The monoisotopic (exact) mass is 583 g/mol. The van der Waals surface area contributed by atoms with Gasteiger partial charge in [0.05, 0.1) is 13.5 Å². The number of carbonyl (C=O) groups excluding carboxylic acids is 2. The molecule has 0 saturated carbocycles. The van der Waals surface area contributed by atoms with Crippen molar-refractivity contribution in [3.05, 3.63) is 102 Å². The number of ether oxygens (including phenoxy) is 1. The van der Waals surface area contributed by atoms with E-state index in [0.29, 0.717) is 38.9 Å². The van der Waals surface area contributed by atoms with E-state index in [4.69, 9.17) is 4.74 Å². The average molecular weight is 584 g/mol. The number of rotatable bonds is 11. The van der Waals surface area contributed by atoms with Crippen LogP contribution in [0.1, 0.15) is 36.7 Å². The van der Waals surface area contributed by atoms with E-state index < -0.39 is 0 Å². The van der Waals surface area contributed by atoms with Crippen molar-refractivity contribution in [2.45, 2.75) is 43.8 Å². The average Bonchev–Trinajstić information content (AvgIpc) is 3.42. The van der Waals surface area contributed by atoms with E-state index in [1.54, 1.807) is 18.9 Å². The lowest BCUT2D eigenvalue weighted by Gasteiger charge is -2.40. The third kappa shape index (κ3) is 7.39. The molecule has 5 rings (SSSR count). The van der Waals surface area contributed by atoms with Gasteiger partial charge in [-0.05, 0) is 48.7 Å². The van der Waals surface area contributed by atoms with Gasteiger partial charge in [0.1, 0.15) is 11.6 Å². The molecule has 0 aliphatic carbocycles. The topological polar surface area (TPSA) is 80.6 Å². The first-order chi connectivity index (χ1) is 20.5. The van der Waals surface area contributed by atoms with E-state index in [1.165, 1.54) is 0 Å². The van der Waals surface area contributed by atoms with Crippen LogP contribution in [0, 0.1) is 0 Å².